The van der Waals surface area contributed by atoms with E-state index in [0.717, 1.165) is 11.1 Å². The van der Waals surface area contributed by atoms with E-state index >= 15 is 0 Å². The average molecular weight is 380 g/mol. The SMILES string of the molecule is Cc1ccc(CNS(=O)(=O)c2cc3c(cc2Cl)n(C)c(=O)n3C)cc1. The molecule has 0 bridgehead atoms. The number of benzene rings is 2. The number of fused-ring (bicyclic) bond motifs is 1. The molecule has 132 valence electrons. The highest BCUT2D eigenvalue weighted by Gasteiger charge is 2.21. The molecule has 2 aromatic carbocycles. The summed E-state index contributed by atoms with van der Waals surface area (Å²) in [5.41, 5.74) is 2.79. The van der Waals surface area contributed by atoms with Crippen molar-refractivity contribution in [2.75, 3.05) is 0 Å². The lowest BCUT2D eigenvalue weighted by Gasteiger charge is -2.09. The van der Waals surface area contributed by atoms with Gasteiger partial charge >= 0.3 is 5.69 Å². The van der Waals surface area contributed by atoms with Gasteiger partial charge in [-0.2, -0.15) is 0 Å². The van der Waals surface area contributed by atoms with Gasteiger partial charge in [0.15, 0.2) is 0 Å². The van der Waals surface area contributed by atoms with Gasteiger partial charge in [-0.25, -0.2) is 17.9 Å². The molecule has 0 aliphatic heterocycles. The van der Waals surface area contributed by atoms with Crippen LogP contribution in [0.2, 0.25) is 5.02 Å². The van der Waals surface area contributed by atoms with Crippen LogP contribution in [0.1, 0.15) is 11.1 Å². The maximum Gasteiger partial charge on any atom is 0.328 e. The van der Waals surface area contributed by atoms with Crippen LogP contribution in [0.15, 0.2) is 46.1 Å². The lowest BCUT2D eigenvalue weighted by molar-refractivity contribution is 0.581. The van der Waals surface area contributed by atoms with Crippen molar-refractivity contribution in [3.63, 3.8) is 0 Å². The molecule has 3 aromatic rings. The van der Waals surface area contributed by atoms with Gasteiger partial charge in [-0.15, -0.1) is 0 Å². The fourth-order valence-corrected chi connectivity index (χ4v) is 4.23. The third-order valence-corrected chi connectivity index (χ3v) is 6.07. The van der Waals surface area contributed by atoms with Crippen molar-refractivity contribution >= 4 is 32.7 Å². The van der Waals surface area contributed by atoms with Gasteiger partial charge in [0.25, 0.3) is 0 Å². The number of hydrogen-bond acceptors (Lipinski definition) is 3. The molecule has 0 saturated carbocycles. The number of nitrogens with zero attached hydrogens (tertiary/aromatic N) is 2. The molecule has 0 saturated heterocycles. The van der Waals surface area contributed by atoms with Crippen LogP contribution in [0.4, 0.5) is 0 Å². The second kappa shape index (κ2) is 6.33. The quantitative estimate of drug-likeness (QED) is 0.756. The lowest BCUT2D eigenvalue weighted by atomic mass is 10.2. The molecule has 1 heterocycles. The number of halogens is 1. The lowest BCUT2D eigenvalue weighted by Crippen LogP contribution is -2.23. The average Bonchev–Trinajstić information content (AvgIpc) is 2.78. The van der Waals surface area contributed by atoms with E-state index in [1.807, 2.05) is 31.2 Å². The smallest absolute Gasteiger partial charge is 0.295 e. The first-order valence-electron chi connectivity index (χ1n) is 7.61. The zero-order valence-electron chi connectivity index (χ0n) is 14.1. The fourth-order valence-electron chi connectivity index (χ4n) is 2.67. The summed E-state index contributed by atoms with van der Waals surface area (Å²) in [5, 5.41) is 0.0742. The topological polar surface area (TPSA) is 73.1 Å². The van der Waals surface area contributed by atoms with Crippen molar-refractivity contribution in [3.8, 4) is 0 Å². The molecule has 0 unspecified atom stereocenters. The number of aryl methyl sites for hydroxylation is 3. The van der Waals surface area contributed by atoms with E-state index in [4.69, 9.17) is 11.6 Å². The predicted octanol–water partition coefficient (Wildman–Crippen LogP) is 2.32. The second-order valence-electron chi connectivity index (χ2n) is 5.98. The van der Waals surface area contributed by atoms with Crippen molar-refractivity contribution in [1.82, 2.24) is 13.9 Å². The Morgan fingerprint density at radius 2 is 1.60 bits per heavy atom. The molecular formula is C17H18ClN3O3S. The van der Waals surface area contributed by atoms with Gasteiger partial charge in [-0.05, 0) is 24.6 Å². The Morgan fingerprint density at radius 1 is 1.04 bits per heavy atom. The maximum atomic E-state index is 12.7. The van der Waals surface area contributed by atoms with E-state index < -0.39 is 10.0 Å². The second-order valence-corrected chi connectivity index (χ2v) is 8.12. The Kier molecular flexibility index (Phi) is 4.49. The standard InChI is InChI=1S/C17H18ClN3O3S/c1-11-4-6-12(7-5-11)10-19-25(23,24)16-9-15-14(8-13(16)18)20(2)17(22)21(15)3/h4-9,19H,10H2,1-3H3. The molecule has 1 N–H and O–H groups in total. The van der Waals surface area contributed by atoms with Crippen LogP contribution in [0.25, 0.3) is 11.0 Å². The summed E-state index contributed by atoms with van der Waals surface area (Å²) in [6, 6.07) is 10.5. The first-order chi connectivity index (χ1) is 11.7. The van der Waals surface area contributed by atoms with Crippen molar-refractivity contribution in [3.05, 3.63) is 63.0 Å². The molecule has 8 heteroatoms. The number of nitrogens with one attached hydrogen (secondary N) is 1. The molecule has 0 fully saturated rings. The van der Waals surface area contributed by atoms with Crippen molar-refractivity contribution < 1.29 is 8.42 Å². The molecule has 0 aliphatic rings. The highest BCUT2D eigenvalue weighted by Crippen LogP contribution is 2.27. The van der Waals surface area contributed by atoms with Crippen LogP contribution >= 0.6 is 11.6 Å². The summed E-state index contributed by atoms with van der Waals surface area (Å²) in [6.45, 7) is 2.12. The molecule has 0 atom stereocenters. The fraction of sp³-hybridized carbons (Fsp3) is 0.235. The number of hydrogen-bond donors (Lipinski definition) is 1. The van der Waals surface area contributed by atoms with Gasteiger partial charge in [-0.3, -0.25) is 9.13 Å². The summed E-state index contributed by atoms with van der Waals surface area (Å²) in [6.07, 6.45) is 0. The van der Waals surface area contributed by atoms with Crippen LogP contribution in [0, 0.1) is 6.92 Å². The van der Waals surface area contributed by atoms with Crippen molar-refractivity contribution in [2.45, 2.75) is 18.4 Å². The monoisotopic (exact) mass is 379 g/mol. The van der Waals surface area contributed by atoms with Crippen molar-refractivity contribution in [2.24, 2.45) is 14.1 Å². The Hall–Kier alpha value is -2.09. The summed E-state index contributed by atoms with van der Waals surface area (Å²) in [4.78, 5) is 12.0. The van der Waals surface area contributed by atoms with E-state index in [9.17, 15) is 13.2 Å². The van der Waals surface area contributed by atoms with Gasteiger partial charge in [-0.1, -0.05) is 41.4 Å². The van der Waals surface area contributed by atoms with Gasteiger partial charge < -0.3 is 0 Å². The highest BCUT2D eigenvalue weighted by atomic mass is 35.5. The number of sulfonamides is 1. The molecule has 25 heavy (non-hydrogen) atoms. The first kappa shape index (κ1) is 17.7. The van der Waals surface area contributed by atoms with Crippen molar-refractivity contribution in [1.29, 1.82) is 0 Å². The van der Waals surface area contributed by atoms with Crippen LogP contribution in [0.3, 0.4) is 0 Å². The minimum Gasteiger partial charge on any atom is -0.295 e. The third-order valence-electron chi connectivity index (χ3n) is 4.20. The predicted molar refractivity (Wildman–Crippen MR) is 98.4 cm³/mol. The number of rotatable bonds is 4. The zero-order chi connectivity index (χ0) is 18.4. The summed E-state index contributed by atoms with van der Waals surface area (Å²) < 4.78 is 30.7. The highest BCUT2D eigenvalue weighted by molar-refractivity contribution is 7.89. The minimum atomic E-state index is -3.82. The van der Waals surface area contributed by atoms with E-state index in [-0.39, 0.29) is 22.2 Å². The molecule has 3 rings (SSSR count). The number of imidazole rings is 1. The molecule has 0 aliphatic carbocycles. The Balaban J connectivity index is 1.99. The Bertz CT molecular complexity index is 1110. The largest absolute Gasteiger partial charge is 0.328 e. The molecule has 0 amide bonds. The first-order valence-corrected chi connectivity index (χ1v) is 9.47. The van der Waals surface area contributed by atoms with E-state index in [0.29, 0.717) is 11.0 Å². The minimum absolute atomic E-state index is 0.0463. The van der Waals surface area contributed by atoms with Gasteiger partial charge in [0.05, 0.1) is 16.1 Å². The summed E-state index contributed by atoms with van der Waals surface area (Å²) in [5.74, 6) is 0. The Labute approximate surface area is 150 Å². The maximum absolute atomic E-state index is 12.7. The summed E-state index contributed by atoms with van der Waals surface area (Å²) in [7, 11) is -0.610. The van der Waals surface area contributed by atoms with Crippen LogP contribution < -0.4 is 10.4 Å². The van der Waals surface area contributed by atoms with E-state index in [2.05, 4.69) is 4.72 Å². The molecular weight excluding hydrogens is 362 g/mol. The summed E-state index contributed by atoms with van der Waals surface area (Å²) >= 11 is 6.18. The van der Waals surface area contributed by atoms with Gasteiger partial charge in [0, 0.05) is 20.6 Å². The van der Waals surface area contributed by atoms with Crippen LogP contribution in [-0.2, 0) is 30.7 Å². The van der Waals surface area contributed by atoms with Crippen LogP contribution in [0.5, 0.6) is 0 Å². The molecule has 0 spiro atoms. The van der Waals surface area contributed by atoms with E-state index in [1.54, 1.807) is 14.1 Å². The number of aromatic nitrogens is 2. The third kappa shape index (κ3) is 3.22. The zero-order valence-corrected chi connectivity index (χ0v) is 15.6. The van der Waals surface area contributed by atoms with Gasteiger partial charge in [0.2, 0.25) is 10.0 Å². The van der Waals surface area contributed by atoms with E-state index in [1.165, 1.54) is 21.3 Å². The normalized spacial score (nSPS) is 12.0. The Morgan fingerprint density at radius 3 is 2.20 bits per heavy atom. The van der Waals surface area contributed by atoms with Crippen LogP contribution in [-0.4, -0.2) is 17.6 Å². The molecule has 0 radical (unpaired) electrons. The molecule has 6 nitrogen and oxygen atoms in total. The molecule has 1 aromatic heterocycles. The van der Waals surface area contributed by atoms with Gasteiger partial charge in [0.1, 0.15) is 4.90 Å².